The van der Waals surface area contributed by atoms with Crippen molar-refractivity contribution < 1.29 is 36.7 Å². The van der Waals surface area contributed by atoms with Gasteiger partial charge in [-0.15, -0.1) is 0 Å². The molecule has 0 bridgehead atoms. The van der Waals surface area contributed by atoms with Gasteiger partial charge in [0.25, 0.3) is 5.60 Å². The fourth-order valence-electron chi connectivity index (χ4n) is 4.89. The molecule has 3 aliphatic heterocycles. The molecule has 37 heavy (non-hydrogen) atoms. The molecule has 12 heteroatoms. The molecule has 0 radical (unpaired) electrons. The zero-order valence-corrected chi connectivity index (χ0v) is 20.9. The number of unbranched alkanes of at least 4 members (excludes halogenated alkanes) is 1. The minimum Gasteiger partial charge on any atom is -0.447 e. The van der Waals surface area contributed by atoms with Gasteiger partial charge in [0, 0.05) is 29.5 Å². The average molecular weight is 559 g/mol. The molecular weight excluding hydrogens is 539 g/mol. The zero-order chi connectivity index (χ0) is 26.8. The normalized spacial score (nSPS) is 21.9. The summed E-state index contributed by atoms with van der Waals surface area (Å²) in [6, 6.07) is 6.16. The van der Waals surface area contributed by atoms with Gasteiger partial charge in [0.15, 0.2) is 11.4 Å². The SMILES string of the molecule is CCCCC(=O)N1CC2(C1)OC(=O)c1cc(C3=NOC(c4cc(Cl)c(F)c(Cl)c4)(C(F)(F)F)C3)ccc12. The van der Waals surface area contributed by atoms with Crippen molar-refractivity contribution in [3.05, 3.63) is 68.4 Å². The highest BCUT2D eigenvalue weighted by Crippen LogP contribution is 2.51. The Kier molecular flexibility index (Phi) is 6.18. The molecule has 3 heterocycles. The molecule has 196 valence electrons. The van der Waals surface area contributed by atoms with E-state index in [1.54, 1.807) is 11.0 Å². The van der Waals surface area contributed by atoms with Gasteiger partial charge in [-0.25, -0.2) is 9.18 Å². The number of halogens is 6. The summed E-state index contributed by atoms with van der Waals surface area (Å²) in [5.41, 5.74) is -3.49. The predicted octanol–water partition coefficient (Wildman–Crippen LogP) is 6.11. The number of carbonyl (C=O) groups excluding carboxylic acids is 2. The Bertz CT molecular complexity index is 1320. The number of hydrogen-bond donors (Lipinski definition) is 0. The molecule has 1 saturated heterocycles. The topological polar surface area (TPSA) is 68.2 Å². The number of hydrogen-bond acceptors (Lipinski definition) is 5. The zero-order valence-electron chi connectivity index (χ0n) is 19.4. The van der Waals surface area contributed by atoms with Gasteiger partial charge in [-0.3, -0.25) is 4.79 Å². The van der Waals surface area contributed by atoms with E-state index in [9.17, 15) is 27.2 Å². The second-order valence-corrected chi connectivity index (χ2v) is 10.2. The van der Waals surface area contributed by atoms with Crippen molar-refractivity contribution in [2.75, 3.05) is 13.1 Å². The van der Waals surface area contributed by atoms with Crippen molar-refractivity contribution in [2.45, 2.75) is 50.0 Å². The molecule has 0 aliphatic carbocycles. The molecule has 0 aromatic heterocycles. The fourth-order valence-corrected chi connectivity index (χ4v) is 5.38. The molecular formula is C25H20Cl2F4N2O4. The third-order valence-corrected chi connectivity index (χ3v) is 7.53. The van der Waals surface area contributed by atoms with Gasteiger partial charge in [0.2, 0.25) is 5.91 Å². The van der Waals surface area contributed by atoms with Gasteiger partial charge >= 0.3 is 12.1 Å². The van der Waals surface area contributed by atoms with E-state index < -0.39 is 51.2 Å². The van der Waals surface area contributed by atoms with Crippen molar-refractivity contribution >= 4 is 40.8 Å². The monoisotopic (exact) mass is 558 g/mol. The summed E-state index contributed by atoms with van der Waals surface area (Å²) in [6.45, 7) is 2.43. The quantitative estimate of drug-likeness (QED) is 0.252. The molecule has 0 saturated carbocycles. The van der Waals surface area contributed by atoms with E-state index in [1.807, 2.05) is 6.92 Å². The van der Waals surface area contributed by atoms with Crippen LogP contribution in [0.25, 0.3) is 0 Å². The first-order valence-corrected chi connectivity index (χ1v) is 12.3. The minimum atomic E-state index is -4.96. The molecule has 1 fully saturated rings. The third kappa shape index (κ3) is 4.05. The van der Waals surface area contributed by atoms with Crippen LogP contribution in [0.4, 0.5) is 17.6 Å². The second-order valence-electron chi connectivity index (χ2n) is 9.38. The Morgan fingerprint density at radius 2 is 1.84 bits per heavy atom. The summed E-state index contributed by atoms with van der Waals surface area (Å²) >= 11 is 11.5. The molecule has 1 spiro atoms. The number of fused-ring (bicyclic) bond motifs is 2. The van der Waals surface area contributed by atoms with E-state index in [2.05, 4.69) is 5.16 Å². The van der Waals surface area contributed by atoms with Crippen LogP contribution >= 0.6 is 23.2 Å². The summed E-state index contributed by atoms with van der Waals surface area (Å²) in [6.07, 6.45) is -3.65. The van der Waals surface area contributed by atoms with E-state index >= 15 is 0 Å². The number of nitrogens with zero attached hydrogens (tertiary/aromatic N) is 2. The maximum absolute atomic E-state index is 14.3. The molecule has 2 aromatic rings. The first-order valence-electron chi connectivity index (χ1n) is 11.5. The molecule has 1 unspecified atom stereocenters. The largest absolute Gasteiger partial charge is 0.447 e. The predicted molar refractivity (Wildman–Crippen MR) is 126 cm³/mol. The lowest BCUT2D eigenvalue weighted by molar-refractivity contribution is -0.275. The van der Waals surface area contributed by atoms with Crippen molar-refractivity contribution in [3.8, 4) is 0 Å². The van der Waals surface area contributed by atoms with Crippen LogP contribution in [0.5, 0.6) is 0 Å². The number of carbonyl (C=O) groups is 2. The smallest absolute Gasteiger partial charge is 0.435 e. The van der Waals surface area contributed by atoms with Crippen molar-refractivity contribution in [3.63, 3.8) is 0 Å². The molecule has 2 aromatic carbocycles. The molecule has 5 rings (SSSR count). The average Bonchev–Trinajstić information content (AvgIpc) is 3.40. The van der Waals surface area contributed by atoms with Crippen LogP contribution in [0, 0.1) is 5.82 Å². The van der Waals surface area contributed by atoms with Crippen LogP contribution in [0.3, 0.4) is 0 Å². The maximum Gasteiger partial charge on any atom is 0.435 e. The molecule has 6 nitrogen and oxygen atoms in total. The fraction of sp³-hybridized carbons (Fsp3) is 0.400. The highest BCUT2D eigenvalue weighted by Gasteiger charge is 2.63. The lowest BCUT2D eigenvalue weighted by Gasteiger charge is -2.46. The van der Waals surface area contributed by atoms with Gasteiger partial charge in [0.1, 0.15) is 0 Å². The molecule has 3 aliphatic rings. The van der Waals surface area contributed by atoms with Crippen LogP contribution in [-0.2, 0) is 25.6 Å². The van der Waals surface area contributed by atoms with E-state index in [0.29, 0.717) is 12.0 Å². The number of esters is 1. The van der Waals surface area contributed by atoms with Gasteiger partial charge in [-0.05, 0) is 24.6 Å². The number of rotatable bonds is 5. The Hall–Kier alpha value is -2.85. The Labute approximate surface area is 219 Å². The van der Waals surface area contributed by atoms with Crippen LogP contribution in [0.1, 0.15) is 59.7 Å². The van der Waals surface area contributed by atoms with Gasteiger partial charge in [-0.1, -0.05) is 53.8 Å². The van der Waals surface area contributed by atoms with Crippen LogP contribution in [-0.4, -0.2) is 41.8 Å². The maximum atomic E-state index is 14.3. The summed E-state index contributed by atoms with van der Waals surface area (Å²) in [7, 11) is 0. The highest BCUT2D eigenvalue weighted by atomic mass is 35.5. The van der Waals surface area contributed by atoms with Gasteiger partial charge < -0.3 is 14.5 Å². The number of ether oxygens (including phenoxy) is 1. The number of amides is 1. The number of benzene rings is 2. The first kappa shape index (κ1) is 25.8. The second kappa shape index (κ2) is 8.87. The third-order valence-electron chi connectivity index (χ3n) is 6.98. The standard InChI is InChI=1S/C25H20Cl2F4N2O4/c1-2-3-4-20(34)33-11-23(12-33)16-6-5-13(7-15(16)22(35)36-23)19-10-24(37-32-19,25(29,30)31)14-8-17(26)21(28)18(27)9-14/h5-9H,2-4,10-12H2,1H3. The van der Waals surface area contributed by atoms with Crippen molar-refractivity contribution in [2.24, 2.45) is 5.16 Å². The van der Waals surface area contributed by atoms with E-state index in [0.717, 1.165) is 25.0 Å². The minimum absolute atomic E-state index is 0.0180. The number of alkyl halides is 3. The highest BCUT2D eigenvalue weighted by molar-refractivity contribution is 6.35. The lowest BCUT2D eigenvalue weighted by Crippen LogP contribution is -2.61. The van der Waals surface area contributed by atoms with E-state index in [-0.39, 0.29) is 35.8 Å². The van der Waals surface area contributed by atoms with E-state index in [1.165, 1.54) is 12.1 Å². The molecule has 0 N–H and O–H groups in total. The summed E-state index contributed by atoms with van der Waals surface area (Å²) in [4.78, 5) is 31.5. The molecule has 1 amide bonds. The van der Waals surface area contributed by atoms with Crippen LogP contribution in [0.15, 0.2) is 35.5 Å². The number of likely N-dealkylation sites (tertiary alicyclic amines) is 1. The van der Waals surface area contributed by atoms with Crippen molar-refractivity contribution in [1.82, 2.24) is 4.90 Å². The Morgan fingerprint density at radius 1 is 1.16 bits per heavy atom. The molecule has 1 atom stereocenters. The summed E-state index contributed by atoms with van der Waals surface area (Å²) < 4.78 is 62.3. The van der Waals surface area contributed by atoms with Crippen LogP contribution < -0.4 is 0 Å². The van der Waals surface area contributed by atoms with Crippen LogP contribution in [0.2, 0.25) is 10.0 Å². The summed E-state index contributed by atoms with van der Waals surface area (Å²) in [5, 5.41) is 2.51. The van der Waals surface area contributed by atoms with E-state index in [4.69, 9.17) is 32.8 Å². The summed E-state index contributed by atoms with van der Waals surface area (Å²) in [5.74, 6) is -1.69. The number of oxime groups is 1. The van der Waals surface area contributed by atoms with Gasteiger partial charge in [0.05, 0.1) is 34.4 Å². The first-order chi connectivity index (χ1) is 17.4. The lowest BCUT2D eigenvalue weighted by atomic mass is 9.83. The van der Waals surface area contributed by atoms with Gasteiger partial charge in [-0.2, -0.15) is 13.2 Å². The Morgan fingerprint density at radius 3 is 2.46 bits per heavy atom. The Balaban J connectivity index is 1.41. The van der Waals surface area contributed by atoms with Crippen molar-refractivity contribution in [1.29, 1.82) is 0 Å².